The molecule has 3 aromatic heterocycles. The van der Waals surface area contributed by atoms with Crippen LogP contribution in [0, 0.1) is 0 Å². The Morgan fingerprint density at radius 3 is 2.90 bits per heavy atom. The van der Waals surface area contributed by atoms with Crippen molar-refractivity contribution in [1.29, 1.82) is 0 Å². The van der Waals surface area contributed by atoms with Crippen LogP contribution in [-0.2, 0) is 13.5 Å². The minimum atomic E-state index is 0.0934. The van der Waals surface area contributed by atoms with Crippen molar-refractivity contribution in [2.45, 2.75) is 29.6 Å². The lowest BCUT2D eigenvalue weighted by atomic mass is 10.2. The molecule has 20 heavy (non-hydrogen) atoms. The molecule has 1 unspecified atom stereocenters. The summed E-state index contributed by atoms with van der Waals surface area (Å²) in [7, 11) is 1.98. The first-order valence-corrected chi connectivity index (χ1v) is 7.33. The summed E-state index contributed by atoms with van der Waals surface area (Å²) < 4.78 is 4.10. The zero-order valence-electron chi connectivity index (χ0n) is 11.5. The summed E-state index contributed by atoms with van der Waals surface area (Å²) in [6.45, 7) is 2.01. The number of hydrogen-bond acceptors (Lipinski definition) is 4. The fourth-order valence-corrected chi connectivity index (χ4v) is 3.06. The van der Waals surface area contributed by atoms with Crippen molar-refractivity contribution < 1.29 is 0 Å². The van der Waals surface area contributed by atoms with E-state index in [0.717, 1.165) is 27.9 Å². The molecule has 0 saturated heterocycles. The van der Waals surface area contributed by atoms with Crippen LogP contribution in [0.4, 0.5) is 0 Å². The van der Waals surface area contributed by atoms with Gasteiger partial charge in [0.1, 0.15) is 10.7 Å². The summed E-state index contributed by atoms with van der Waals surface area (Å²) in [5.74, 6) is 0. The monoisotopic (exact) mass is 287 g/mol. The average Bonchev–Trinajstić information content (AvgIpc) is 2.96. The number of nitrogens with zero attached hydrogens (tertiary/aromatic N) is 4. The number of rotatable bonds is 4. The third-order valence-corrected chi connectivity index (χ3v) is 4.17. The van der Waals surface area contributed by atoms with Crippen molar-refractivity contribution in [1.82, 2.24) is 18.9 Å². The average molecular weight is 287 g/mol. The van der Waals surface area contributed by atoms with Crippen LogP contribution in [0.25, 0.3) is 5.65 Å². The van der Waals surface area contributed by atoms with Crippen LogP contribution in [0.15, 0.2) is 47.0 Å². The Morgan fingerprint density at radius 1 is 1.35 bits per heavy atom. The maximum atomic E-state index is 5.98. The fourth-order valence-electron chi connectivity index (χ4n) is 2.13. The standard InChI is InChI=1S/C14H17N5S/c1-10(15)9-11-13(20-14-16-6-8-18(14)2)17-12-5-3-4-7-19(11)12/h3-8,10H,9,15H2,1-2H3. The lowest BCUT2D eigenvalue weighted by Crippen LogP contribution is -2.19. The maximum Gasteiger partial charge on any atom is 0.174 e. The van der Waals surface area contributed by atoms with Gasteiger partial charge < -0.3 is 14.7 Å². The smallest absolute Gasteiger partial charge is 0.174 e. The van der Waals surface area contributed by atoms with E-state index >= 15 is 0 Å². The summed E-state index contributed by atoms with van der Waals surface area (Å²) in [6, 6.07) is 6.10. The first kappa shape index (κ1) is 13.2. The Labute approximate surface area is 121 Å². The van der Waals surface area contributed by atoms with Gasteiger partial charge in [-0.3, -0.25) is 0 Å². The zero-order chi connectivity index (χ0) is 14.1. The molecule has 0 fully saturated rings. The van der Waals surface area contributed by atoms with E-state index in [1.54, 1.807) is 18.0 Å². The van der Waals surface area contributed by atoms with Crippen molar-refractivity contribution in [3.63, 3.8) is 0 Å². The highest BCUT2D eigenvalue weighted by molar-refractivity contribution is 7.99. The van der Waals surface area contributed by atoms with Crippen LogP contribution < -0.4 is 5.73 Å². The molecule has 2 N–H and O–H groups in total. The lowest BCUT2D eigenvalue weighted by Gasteiger charge is -2.07. The molecule has 0 aliphatic heterocycles. The van der Waals surface area contributed by atoms with Crippen LogP contribution >= 0.6 is 11.8 Å². The van der Waals surface area contributed by atoms with Gasteiger partial charge in [0.15, 0.2) is 5.16 Å². The van der Waals surface area contributed by atoms with E-state index < -0.39 is 0 Å². The van der Waals surface area contributed by atoms with E-state index in [4.69, 9.17) is 10.7 Å². The topological polar surface area (TPSA) is 61.1 Å². The minimum Gasteiger partial charge on any atom is -0.329 e. The van der Waals surface area contributed by atoms with Crippen molar-refractivity contribution >= 4 is 17.4 Å². The highest BCUT2D eigenvalue weighted by Crippen LogP contribution is 2.29. The van der Waals surface area contributed by atoms with Crippen molar-refractivity contribution in [2.75, 3.05) is 0 Å². The van der Waals surface area contributed by atoms with Gasteiger partial charge in [-0.25, -0.2) is 9.97 Å². The summed E-state index contributed by atoms with van der Waals surface area (Å²) in [5, 5.41) is 1.90. The Balaban J connectivity index is 2.06. The van der Waals surface area contributed by atoms with Gasteiger partial charge in [0, 0.05) is 38.1 Å². The first-order chi connectivity index (χ1) is 9.65. The SMILES string of the molecule is CC(N)Cc1c(Sc2nccn2C)nc2ccccn12. The molecule has 0 aliphatic carbocycles. The molecule has 0 aromatic carbocycles. The second kappa shape index (κ2) is 5.30. The normalized spacial score (nSPS) is 12.9. The van der Waals surface area contributed by atoms with E-state index in [1.807, 2.05) is 49.1 Å². The molecule has 0 spiro atoms. The molecule has 3 rings (SSSR count). The van der Waals surface area contributed by atoms with Crippen LogP contribution in [0.5, 0.6) is 0 Å². The highest BCUT2D eigenvalue weighted by atomic mass is 32.2. The number of aryl methyl sites for hydroxylation is 1. The first-order valence-electron chi connectivity index (χ1n) is 6.52. The zero-order valence-corrected chi connectivity index (χ0v) is 12.3. The van der Waals surface area contributed by atoms with E-state index in [0.29, 0.717) is 0 Å². The predicted octanol–water partition coefficient (Wildman–Crippen LogP) is 2.11. The van der Waals surface area contributed by atoms with Crippen molar-refractivity contribution in [3.8, 4) is 0 Å². The van der Waals surface area contributed by atoms with E-state index in [9.17, 15) is 0 Å². The quantitative estimate of drug-likeness (QED) is 0.798. The summed E-state index contributed by atoms with van der Waals surface area (Å²) >= 11 is 1.58. The third kappa shape index (κ3) is 2.44. The third-order valence-electron chi connectivity index (χ3n) is 3.07. The summed E-state index contributed by atoms with van der Waals surface area (Å²) in [4.78, 5) is 9.05. The van der Waals surface area contributed by atoms with Crippen LogP contribution in [0.2, 0.25) is 0 Å². The number of imidazole rings is 2. The van der Waals surface area contributed by atoms with Gasteiger partial charge in [-0.05, 0) is 30.8 Å². The lowest BCUT2D eigenvalue weighted by molar-refractivity contribution is 0.704. The molecular weight excluding hydrogens is 270 g/mol. The Hall–Kier alpha value is -1.79. The molecule has 1 atom stereocenters. The van der Waals surface area contributed by atoms with E-state index in [1.165, 1.54) is 0 Å². The van der Waals surface area contributed by atoms with Crippen molar-refractivity contribution in [2.24, 2.45) is 12.8 Å². The maximum absolute atomic E-state index is 5.98. The van der Waals surface area contributed by atoms with Gasteiger partial charge in [-0.2, -0.15) is 0 Å². The van der Waals surface area contributed by atoms with Gasteiger partial charge in [0.25, 0.3) is 0 Å². The summed E-state index contributed by atoms with van der Waals surface area (Å²) in [5.41, 5.74) is 8.06. The molecule has 104 valence electrons. The number of nitrogens with two attached hydrogens (primary N) is 1. The van der Waals surface area contributed by atoms with Crippen LogP contribution in [0.1, 0.15) is 12.6 Å². The Morgan fingerprint density at radius 2 is 2.20 bits per heavy atom. The molecule has 6 heteroatoms. The Bertz CT molecular complexity index is 728. The van der Waals surface area contributed by atoms with E-state index in [2.05, 4.69) is 9.38 Å². The molecule has 0 saturated carbocycles. The van der Waals surface area contributed by atoms with Crippen LogP contribution in [-0.4, -0.2) is 25.0 Å². The molecule has 0 amide bonds. The largest absolute Gasteiger partial charge is 0.329 e. The molecule has 3 heterocycles. The minimum absolute atomic E-state index is 0.0934. The molecule has 3 aromatic rings. The predicted molar refractivity (Wildman–Crippen MR) is 79.9 cm³/mol. The molecule has 0 bridgehead atoms. The fraction of sp³-hybridized carbons (Fsp3) is 0.286. The molecule has 0 aliphatic rings. The molecular formula is C14H17N5S. The highest BCUT2D eigenvalue weighted by Gasteiger charge is 2.16. The van der Waals surface area contributed by atoms with Gasteiger partial charge in [0.2, 0.25) is 0 Å². The number of hydrogen-bond donors (Lipinski definition) is 1. The molecule has 0 radical (unpaired) electrons. The number of aromatic nitrogens is 4. The second-order valence-electron chi connectivity index (χ2n) is 4.90. The molecule has 5 nitrogen and oxygen atoms in total. The van der Waals surface area contributed by atoms with Gasteiger partial charge in [-0.1, -0.05) is 6.07 Å². The van der Waals surface area contributed by atoms with Gasteiger partial charge in [-0.15, -0.1) is 0 Å². The number of pyridine rings is 1. The van der Waals surface area contributed by atoms with E-state index in [-0.39, 0.29) is 6.04 Å². The Kier molecular flexibility index (Phi) is 3.50. The van der Waals surface area contributed by atoms with Gasteiger partial charge in [0.05, 0.1) is 5.69 Å². The second-order valence-corrected chi connectivity index (χ2v) is 5.85. The van der Waals surface area contributed by atoms with Gasteiger partial charge >= 0.3 is 0 Å². The van der Waals surface area contributed by atoms with Crippen LogP contribution in [0.3, 0.4) is 0 Å². The van der Waals surface area contributed by atoms with Crippen molar-refractivity contribution in [3.05, 3.63) is 42.5 Å². The number of fused-ring (bicyclic) bond motifs is 1. The summed E-state index contributed by atoms with van der Waals surface area (Å²) in [6.07, 6.45) is 6.55.